The maximum Gasteiger partial charge on any atom is 0.338 e. The molecule has 1 N–H and O–H groups in total. The van der Waals surface area contributed by atoms with Crippen molar-refractivity contribution in [3.05, 3.63) is 170 Å². The van der Waals surface area contributed by atoms with Crippen molar-refractivity contribution in [3.63, 3.8) is 0 Å². The molecule has 2 atom stereocenters. The Hall–Kier alpha value is -6.68. The van der Waals surface area contributed by atoms with Gasteiger partial charge in [0.05, 0.1) is 18.8 Å². The minimum absolute atomic E-state index is 0.0513. The third-order valence-corrected chi connectivity index (χ3v) is 11.0. The summed E-state index contributed by atoms with van der Waals surface area (Å²) >= 11 is 0. The van der Waals surface area contributed by atoms with Gasteiger partial charge in [-0.25, -0.2) is 9.36 Å². The molecule has 0 unspecified atom stereocenters. The number of hydrogen-bond donors (Lipinski definition) is 1. The largest absolute Gasteiger partial charge is 0.497 e. The molecule has 0 bridgehead atoms. The van der Waals surface area contributed by atoms with Gasteiger partial charge in [-0.15, -0.1) is 0 Å². The molecule has 7 aromatic rings. The van der Waals surface area contributed by atoms with E-state index in [4.69, 9.17) is 9.73 Å². The number of carbonyl (C=O) groups excluding carboxylic acids is 1. The van der Waals surface area contributed by atoms with Gasteiger partial charge >= 0.3 is 5.69 Å². The highest BCUT2D eigenvalue weighted by Gasteiger charge is 2.40. The van der Waals surface area contributed by atoms with Gasteiger partial charge in [0.1, 0.15) is 11.3 Å². The number of para-hydroxylation sites is 1. The van der Waals surface area contributed by atoms with E-state index in [0.717, 1.165) is 47.6 Å². The average molecular weight is 732 g/mol. The molecule has 1 amide bonds. The van der Waals surface area contributed by atoms with Crippen molar-refractivity contribution in [2.75, 3.05) is 20.2 Å². The van der Waals surface area contributed by atoms with Crippen molar-refractivity contribution >= 4 is 33.4 Å². The Morgan fingerprint density at radius 3 is 2.24 bits per heavy atom. The predicted molar refractivity (Wildman–Crippen MR) is 216 cm³/mol. The van der Waals surface area contributed by atoms with Crippen molar-refractivity contribution < 1.29 is 14.6 Å². The highest BCUT2D eigenvalue weighted by atomic mass is 16.5. The second-order valence-electron chi connectivity index (χ2n) is 14.0. The van der Waals surface area contributed by atoms with Crippen molar-refractivity contribution in [2.45, 2.75) is 25.3 Å². The number of aromatic nitrogens is 3. The van der Waals surface area contributed by atoms with Gasteiger partial charge in [0.2, 0.25) is 5.88 Å². The zero-order chi connectivity index (χ0) is 38.4. The Kier molecular flexibility index (Phi) is 9.18. The number of hydrogen-bond acceptors (Lipinski definition) is 6. The second-order valence-corrected chi connectivity index (χ2v) is 14.0. The summed E-state index contributed by atoms with van der Waals surface area (Å²) in [6.07, 6.45) is 0.660. The number of ether oxygens (including phenoxy) is 1. The highest BCUT2D eigenvalue weighted by Crippen LogP contribution is 2.44. The van der Waals surface area contributed by atoms with Crippen LogP contribution in [0.1, 0.15) is 51.5 Å². The van der Waals surface area contributed by atoms with Gasteiger partial charge in [-0.05, 0) is 78.6 Å². The topological polar surface area (TPSA) is 111 Å². The van der Waals surface area contributed by atoms with E-state index in [9.17, 15) is 19.5 Å². The first-order valence-electron chi connectivity index (χ1n) is 18.3. The van der Waals surface area contributed by atoms with Crippen LogP contribution < -0.4 is 16.0 Å². The molecular formula is C45H41N5O5. The first-order chi connectivity index (χ1) is 26.7. The van der Waals surface area contributed by atoms with Crippen LogP contribution in [0.15, 0.2) is 136 Å². The van der Waals surface area contributed by atoms with Crippen LogP contribution >= 0.6 is 0 Å². The molecule has 0 fully saturated rings. The number of carbonyl (C=O) groups is 1. The van der Waals surface area contributed by atoms with E-state index >= 15 is 0 Å². The van der Waals surface area contributed by atoms with Gasteiger partial charge in [0.15, 0.2) is 0 Å². The highest BCUT2D eigenvalue weighted by molar-refractivity contribution is 6.08. The van der Waals surface area contributed by atoms with Crippen molar-refractivity contribution in [1.29, 1.82) is 0 Å². The minimum atomic E-state index is -0.693. The molecule has 0 aliphatic carbocycles. The molecule has 0 radical (unpaired) electrons. The smallest absolute Gasteiger partial charge is 0.338 e. The molecule has 55 heavy (non-hydrogen) atoms. The number of aromatic hydroxyl groups is 1. The molecule has 10 nitrogen and oxygen atoms in total. The SMILES string of the molecule is COc1ccc(-n2c(=O)c(C(C)=NC[C@H]3c4ccccc4C(=O)N(CCc4ccccc4)[C@H]3c3ccc4c(c3)c3ccccc3n4C)c(O)n(C)c2=O)cc1. The fourth-order valence-corrected chi connectivity index (χ4v) is 8.09. The average Bonchev–Trinajstić information content (AvgIpc) is 3.50. The van der Waals surface area contributed by atoms with Gasteiger partial charge in [0, 0.05) is 66.2 Å². The third kappa shape index (κ3) is 6.09. The molecule has 3 heterocycles. The van der Waals surface area contributed by atoms with E-state index in [2.05, 4.69) is 54.1 Å². The summed E-state index contributed by atoms with van der Waals surface area (Å²) in [5.74, 6) is -0.263. The maximum atomic E-state index is 14.5. The molecule has 2 aromatic heterocycles. The molecule has 10 heteroatoms. The zero-order valence-corrected chi connectivity index (χ0v) is 31.1. The van der Waals surface area contributed by atoms with Crippen molar-refractivity contribution in [2.24, 2.45) is 19.1 Å². The summed E-state index contributed by atoms with van der Waals surface area (Å²) in [5.41, 5.74) is 4.94. The van der Waals surface area contributed by atoms with E-state index in [1.165, 1.54) is 14.2 Å². The molecule has 0 saturated heterocycles. The predicted octanol–water partition coefficient (Wildman–Crippen LogP) is 6.93. The van der Waals surface area contributed by atoms with E-state index in [-0.39, 0.29) is 29.6 Å². The van der Waals surface area contributed by atoms with Crippen LogP contribution in [0.25, 0.3) is 27.5 Å². The quantitative estimate of drug-likeness (QED) is 0.162. The number of fused-ring (bicyclic) bond motifs is 4. The van der Waals surface area contributed by atoms with Crippen LogP contribution in [-0.2, 0) is 20.5 Å². The van der Waals surface area contributed by atoms with E-state index in [0.29, 0.717) is 30.0 Å². The standard InChI is InChI=1S/C45H41N5O5/c1-28(40-43(52)48(3)45(54)50(44(40)53)31-19-21-32(55-4)22-20-31)46-27-37-33-14-8-9-16-35(33)42(51)49(25-24-29-12-6-5-7-13-29)41(37)30-18-23-39-36(26-30)34-15-10-11-17-38(34)47(39)2/h5-23,26,37,41,52H,24-25,27H2,1-4H3/t37-,41-/m0/s1. The molecular weight excluding hydrogens is 691 g/mol. The Balaban J connectivity index is 1.27. The Labute approximate surface area is 317 Å². The number of benzene rings is 5. The number of aryl methyl sites for hydroxylation is 1. The minimum Gasteiger partial charge on any atom is -0.497 e. The van der Waals surface area contributed by atoms with Crippen molar-refractivity contribution in [1.82, 2.24) is 18.6 Å². The normalized spacial score (nSPS) is 15.8. The fraction of sp³-hybridized carbons (Fsp3) is 0.200. The summed E-state index contributed by atoms with van der Waals surface area (Å²) in [6, 6.07) is 38.7. The lowest BCUT2D eigenvalue weighted by Crippen LogP contribution is -2.44. The number of aliphatic imine (C=N–C) groups is 1. The zero-order valence-electron chi connectivity index (χ0n) is 31.1. The molecule has 0 spiro atoms. The summed E-state index contributed by atoms with van der Waals surface area (Å²) in [5, 5.41) is 13.5. The Bertz CT molecular complexity index is 2740. The Morgan fingerprint density at radius 1 is 0.782 bits per heavy atom. The summed E-state index contributed by atoms with van der Waals surface area (Å²) in [4.78, 5) is 48.9. The summed E-state index contributed by atoms with van der Waals surface area (Å²) in [6.45, 7) is 2.34. The van der Waals surface area contributed by atoms with Crippen LogP contribution in [0.3, 0.4) is 0 Å². The molecule has 8 rings (SSSR count). The lowest BCUT2D eigenvalue weighted by atomic mass is 9.79. The monoisotopic (exact) mass is 731 g/mol. The molecule has 1 aliphatic heterocycles. The molecule has 0 saturated carbocycles. The molecule has 276 valence electrons. The lowest BCUT2D eigenvalue weighted by molar-refractivity contribution is 0.0614. The van der Waals surface area contributed by atoms with Gasteiger partial charge in [-0.2, -0.15) is 0 Å². The summed E-state index contributed by atoms with van der Waals surface area (Å²) < 4.78 is 9.52. The molecule has 1 aliphatic rings. The van der Waals surface area contributed by atoms with E-state index in [1.54, 1.807) is 31.2 Å². The van der Waals surface area contributed by atoms with Crippen LogP contribution in [0.4, 0.5) is 0 Å². The van der Waals surface area contributed by atoms with Gasteiger partial charge in [-0.1, -0.05) is 72.8 Å². The summed E-state index contributed by atoms with van der Waals surface area (Å²) in [7, 11) is 5.02. The first-order valence-corrected chi connectivity index (χ1v) is 18.3. The van der Waals surface area contributed by atoms with E-state index in [1.807, 2.05) is 59.5 Å². The fourth-order valence-electron chi connectivity index (χ4n) is 8.09. The van der Waals surface area contributed by atoms with Crippen LogP contribution in [0.2, 0.25) is 0 Å². The number of rotatable bonds is 9. The van der Waals surface area contributed by atoms with Gasteiger partial charge in [-0.3, -0.25) is 19.1 Å². The number of methoxy groups -OCH3 is 1. The molecule has 5 aromatic carbocycles. The lowest BCUT2D eigenvalue weighted by Gasteiger charge is -2.42. The van der Waals surface area contributed by atoms with Gasteiger partial charge in [0.25, 0.3) is 11.5 Å². The van der Waals surface area contributed by atoms with Gasteiger partial charge < -0.3 is 19.3 Å². The second kappa shape index (κ2) is 14.3. The van der Waals surface area contributed by atoms with Crippen LogP contribution in [-0.4, -0.2) is 55.5 Å². The first kappa shape index (κ1) is 35.4. The number of amides is 1. The van der Waals surface area contributed by atoms with E-state index < -0.39 is 23.2 Å². The third-order valence-electron chi connectivity index (χ3n) is 11.0. The maximum absolute atomic E-state index is 14.5. The number of nitrogens with zero attached hydrogens (tertiary/aromatic N) is 5. The van der Waals surface area contributed by atoms with Crippen LogP contribution in [0.5, 0.6) is 11.6 Å². The van der Waals surface area contributed by atoms with Crippen LogP contribution in [0, 0.1) is 0 Å². The Morgan fingerprint density at radius 2 is 1.47 bits per heavy atom. The van der Waals surface area contributed by atoms with Crippen molar-refractivity contribution in [3.8, 4) is 17.3 Å².